The van der Waals surface area contributed by atoms with E-state index in [0.29, 0.717) is 12.3 Å². The first-order chi connectivity index (χ1) is 9.27. The van der Waals surface area contributed by atoms with Gasteiger partial charge in [-0.05, 0) is 38.1 Å². The van der Waals surface area contributed by atoms with Crippen LogP contribution in [0.3, 0.4) is 0 Å². The monoisotopic (exact) mass is 256 g/mol. The summed E-state index contributed by atoms with van der Waals surface area (Å²) in [6.07, 6.45) is 0. The molecule has 2 N–H and O–H groups in total. The standard InChI is InChI=1S/C16H20N2O/c1-3-18(13-9-6-5-7-10-13)14-11-8-12-15(16(14)17)19-4-2/h5-12H,3-4,17H2,1-2H3. The number of benzene rings is 2. The molecule has 19 heavy (non-hydrogen) atoms. The fourth-order valence-corrected chi connectivity index (χ4v) is 2.15. The molecule has 0 saturated heterocycles. The van der Waals surface area contributed by atoms with Gasteiger partial charge in [-0.25, -0.2) is 0 Å². The van der Waals surface area contributed by atoms with Crippen LogP contribution in [-0.4, -0.2) is 13.2 Å². The third-order valence-corrected chi connectivity index (χ3v) is 3.02. The third kappa shape index (κ3) is 2.81. The van der Waals surface area contributed by atoms with Crippen molar-refractivity contribution >= 4 is 17.1 Å². The lowest BCUT2D eigenvalue weighted by Crippen LogP contribution is -2.17. The quantitative estimate of drug-likeness (QED) is 0.826. The molecule has 2 rings (SSSR count). The van der Waals surface area contributed by atoms with Gasteiger partial charge in [0.2, 0.25) is 0 Å². The molecule has 0 unspecified atom stereocenters. The van der Waals surface area contributed by atoms with Crippen LogP contribution in [0.4, 0.5) is 17.1 Å². The zero-order valence-corrected chi connectivity index (χ0v) is 11.5. The molecule has 0 atom stereocenters. The lowest BCUT2D eigenvalue weighted by atomic mass is 10.2. The van der Waals surface area contributed by atoms with Gasteiger partial charge in [-0.15, -0.1) is 0 Å². The molecular weight excluding hydrogens is 236 g/mol. The predicted octanol–water partition coefficient (Wildman–Crippen LogP) is 3.83. The van der Waals surface area contributed by atoms with Crippen molar-refractivity contribution in [3.8, 4) is 5.75 Å². The van der Waals surface area contributed by atoms with Gasteiger partial charge in [0.25, 0.3) is 0 Å². The summed E-state index contributed by atoms with van der Waals surface area (Å²) in [4.78, 5) is 2.18. The lowest BCUT2D eigenvalue weighted by molar-refractivity contribution is 0.342. The summed E-state index contributed by atoms with van der Waals surface area (Å²) in [7, 11) is 0. The molecule has 3 nitrogen and oxygen atoms in total. The molecule has 3 heteroatoms. The molecule has 100 valence electrons. The van der Waals surface area contributed by atoms with Gasteiger partial charge in [-0.2, -0.15) is 0 Å². The van der Waals surface area contributed by atoms with E-state index in [1.807, 2.05) is 43.3 Å². The summed E-state index contributed by atoms with van der Waals surface area (Å²) in [6, 6.07) is 16.1. The number of para-hydroxylation sites is 2. The summed E-state index contributed by atoms with van der Waals surface area (Å²) < 4.78 is 5.56. The Morgan fingerprint density at radius 1 is 1.00 bits per heavy atom. The van der Waals surface area contributed by atoms with Crippen molar-refractivity contribution in [1.29, 1.82) is 0 Å². The number of anilines is 3. The van der Waals surface area contributed by atoms with Crippen LogP contribution in [0.1, 0.15) is 13.8 Å². The van der Waals surface area contributed by atoms with Crippen LogP contribution in [0.5, 0.6) is 5.75 Å². The van der Waals surface area contributed by atoms with Gasteiger partial charge in [0, 0.05) is 12.2 Å². The fraction of sp³-hybridized carbons (Fsp3) is 0.250. The van der Waals surface area contributed by atoms with Crippen molar-refractivity contribution in [3.05, 3.63) is 48.5 Å². The molecule has 0 bridgehead atoms. The summed E-state index contributed by atoms with van der Waals surface area (Å²) in [6.45, 7) is 5.54. The van der Waals surface area contributed by atoms with Gasteiger partial charge in [-0.3, -0.25) is 0 Å². The number of hydrogen-bond donors (Lipinski definition) is 1. The van der Waals surface area contributed by atoms with Gasteiger partial charge in [0.15, 0.2) is 0 Å². The van der Waals surface area contributed by atoms with Gasteiger partial charge in [-0.1, -0.05) is 24.3 Å². The predicted molar refractivity (Wildman–Crippen MR) is 81.1 cm³/mol. The molecule has 0 aliphatic rings. The Hall–Kier alpha value is -2.16. The van der Waals surface area contributed by atoms with E-state index in [1.165, 1.54) is 0 Å². The average molecular weight is 256 g/mol. The summed E-state index contributed by atoms with van der Waals surface area (Å²) >= 11 is 0. The first-order valence-electron chi connectivity index (χ1n) is 6.61. The van der Waals surface area contributed by atoms with Crippen LogP contribution in [0.2, 0.25) is 0 Å². The highest BCUT2D eigenvalue weighted by Gasteiger charge is 2.13. The Labute approximate surface area is 114 Å². The second-order valence-electron chi connectivity index (χ2n) is 4.20. The van der Waals surface area contributed by atoms with E-state index in [9.17, 15) is 0 Å². The van der Waals surface area contributed by atoms with Crippen molar-refractivity contribution in [2.24, 2.45) is 0 Å². The number of nitrogens with two attached hydrogens (primary N) is 1. The van der Waals surface area contributed by atoms with Crippen LogP contribution in [0.15, 0.2) is 48.5 Å². The zero-order chi connectivity index (χ0) is 13.7. The summed E-state index contributed by atoms with van der Waals surface area (Å²) in [5.74, 6) is 0.745. The Kier molecular flexibility index (Phi) is 4.29. The maximum absolute atomic E-state index is 6.22. The largest absolute Gasteiger partial charge is 0.492 e. The van der Waals surface area contributed by atoms with Crippen LogP contribution in [0.25, 0.3) is 0 Å². The number of nitrogens with zero attached hydrogens (tertiary/aromatic N) is 1. The van der Waals surface area contributed by atoms with Crippen molar-refractivity contribution in [2.45, 2.75) is 13.8 Å². The third-order valence-electron chi connectivity index (χ3n) is 3.02. The zero-order valence-electron chi connectivity index (χ0n) is 11.5. The molecular formula is C16H20N2O. The maximum atomic E-state index is 6.22. The average Bonchev–Trinajstić information content (AvgIpc) is 2.45. The molecule has 0 saturated carbocycles. The minimum Gasteiger partial charge on any atom is -0.492 e. The highest BCUT2D eigenvalue weighted by molar-refractivity contribution is 5.79. The smallest absolute Gasteiger partial charge is 0.144 e. The number of nitrogen functional groups attached to an aromatic ring is 1. The van der Waals surface area contributed by atoms with E-state index in [0.717, 1.165) is 23.7 Å². The molecule has 2 aromatic carbocycles. The van der Waals surface area contributed by atoms with Crippen LogP contribution in [-0.2, 0) is 0 Å². The highest BCUT2D eigenvalue weighted by Crippen LogP contribution is 2.35. The molecule has 2 aromatic rings. The van der Waals surface area contributed by atoms with Gasteiger partial charge >= 0.3 is 0 Å². The minimum absolute atomic E-state index is 0.616. The number of hydrogen-bond acceptors (Lipinski definition) is 3. The van der Waals surface area contributed by atoms with Crippen molar-refractivity contribution in [3.63, 3.8) is 0 Å². The van der Waals surface area contributed by atoms with E-state index in [-0.39, 0.29) is 0 Å². The maximum Gasteiger partial charge on any atom is 0.144 e. The second kappa shape index (κ2) is 6.14. The van der Waals surface area contributed by atoms with E-state index in [1.54, 1.807) is 0 Å². The van der Waals surface area contributed by atoms with Gasteiger partial charge in [0.05, 0.1) is 18.0 Å². The topological polar surface area (TPSA) is 38.5 Å². The summed E-state index contributed by atoms with van der Waals surface area (Å²) in [5, 5.41) is 0. The van der Waals surface area contributed by atoms with E-state index < -0.39 is 0 Å². The Bertz CT molecular complexity index is 526. The first-order valence-corrected chi connectivity index (χ1v) is 6.61. The highest BCUT2D eigenvalue weighted by atomic mass is 16.5. The first kappa shape index (κ1) is 13.3. The van der Waals surface area contributed by atoms with Crippen LogP contribution >= 0.6 is 0 Å². The van der Waals surface area contributed by atoms with Crippen LogP contribution < -0.4 is 15.4 Å². The SMILES string of the molecule is CCOc1cccc(N(CC)c2ccccc2)c1N. The Balaban J connectivity index is 2.42. The van der Waals surface area contributed by atoms with Crippen molar-refractivity contribution in [2.75, 3.05) is 23.8 Å². The number of rotatable bonds is 5. The molecule has 0 aliphatic carbocycles. The van der Waals surface area contributed by atoms with E-state index in [4.69, 9.17) is 10.5 Å². The minimum atomic E-state index is 0.616. The van der Waals surface area contributed by atoms with Crippen molar-refractivity contribution < 1.29 is 4.74 Å². The molecule has 0 amide bonds. The van der Waals surface area contributed by atoms with Crippen LogP contribution in [0, 0.1) is 0 Å². The molecule has 0 fully saturated rings. The summed E-state index contributed by atoms with van der Waals surface area (Å²) in [5.41, 5.74) is 9.02. The second-order valence-corrected chi connectivity index (χ2v) is 4.20. The molecule has 0 spiro atoms. The fourth-order valence-electron chi connectivity index (χ4n) is 2.15. The van der Waals surface area contributed by atoms with Gasteiger partial charge in [0.1, 0.15) is 5.75 Å². The normalized spacial score (nSPS) is 10.2. The molecule has 0 aromatic heterocycles. The van der Waals surface area contributed by atoms with Gasteiger partial charge < -0.3 is 15.4 Å². The Morgan fingerprint density at radius 3 is 2.37 bits per heavy atom. The molecule has 0 aliphatic heterocycles. The Morgan fingerprint density at radius 2 is 1.74 bits per heavy atom. The number of ether oxygens (including phenoxy) is 1. The lowest BCUT2D eigenvalue weighted by Gasteiger charge is -2.25. The molecule has 0 heterocycles. The van der Waals surface area contributed by atoms with Crippen molar-refractivity contribution in [1.82, 2.24) is 0 Å². The van der Waals surface area contributed by atoms with E-state index in [2.05, 4.69) is 24.0 Å². The molecule has 0 radical (unpaired) electrons. The van der Waals surface area contributed by atoms with E-state index >= 15 is 0 Å².